The molecule has 0 radical (unpaired) electrons. The third kappa shape index (κ3) is 11.0. The zero-order chi connectivity index (χ0) is 14.8. The van der Waals surface area contributed by atoms with Gasteiger partial charge in [0.25, 0.3) is 0 Å². The molecule has 0 atom stereocenters. The van der Waals surface area contributed by atoms with Gasteiger partial charge in [-0.3, -0.25) is 9.59 Å². The van der Waals surface area contributed by atoms with Crippen LogP contribution in [0.25, 0.3) is 0 Å². The van der Waals surface area contributed by atoms with Crippen molar-refractivity contribution in [3.8, 4) is 0 Å². The molecule has 0 fully saturated rings. The van der Waals surface area contributed by atoms with Crippen molar-refractivity contribution in [1.29, 1.82) is 0 Å². The first-order valence-corrected chi connectivity index (χ1v) is 6.42. The number of aryl methyl sites for hydroxylation is 3. The molecule has 106 valence electrons. The molecule has 0 bridgehead atoms. The van der Waals surface area contributed by atoms with E-state index in [2.05, 4.69) is 39.0 Å². The van der Waals surface area contributed by atoms with Crippen LogP contribution in [0.5, 0.6) is 0 Å². The minimum absolute atomic E-state index is 0.329. The van der Waals surface area contributed by atoms with E-state index in [4.69, 9.17) is 11.5 Å². The highest BCUT2D eigenvalue weighted by Crippen LogP contribution is 2.06. The quantitative estimate of drug-likeness (QED) is 0.798. The van der Waals surface area contributed by atoms with E-state index in [1.54, 1.807) is 0 Å². The minimum Gasteiger partial charge on any atom is -0.370 e. The summed E-state index contributed by atoms with van der Waals surface area (Å²) in [6.07, 6.45) is 1.98. The van der Waals surface area contributed by atoms with E-state index < -0.39 is 0 Å². The maximum absolute atomic E-state index is 10.2. The van der Waals surface area contributed by atoms with Crippen molar-refractivity contribution in [2.75, 3.05) is 0 Å². The lowest BCUT2D eigenvalue weighted by Crippen LogP contribution is -2.12. The summed E-state index contributed by atoms with van der Waals surface area (Å²) in [6, 6.07) is 6.56. The first-order chi connectivity index (χ1) is 8.81. The summed E-state index contributed by atoms with van der Waals surface area (Å²) in [4.78, 5) is 20.3. The second-order valence-corrected chi connectivity index (χ2v) is 4.80. The van der Waals surface area contributed by atoms with E-state index in [1.165, 1.54) is 16.7 Å². The fraction of sp³-hybridized carbons (Fsp3) is 0.467. The number of amides is 2. The number of carbonyl (C=O) groups excluding carboxylic acids is 2. The van der Waals surface area contributed by atoms with Gasteiger partial charge in [0, 0.05) is 12.8 Å². The van der Waals surface area contributed by atoms with Crippen LogP contribution in [0, 0.1) is 20.8 Å². The van der Waals surface area contributed by atoms with Gasteiger partial charge in [-0.15, -0.1) is 0 Å². The number of primary amides is 2. The van der Waals surface area contributed by atoms with Crippen LogP contribution >= 0.6 is 0 Å². The van der Waals surface area contributed by atoms with Crippen molar-refractivity contribution in [3.05, 3.63) is 34.9 Å². The van der Waals surface area contributed by atoms with Crippen molar-refractivity contribution in [2.24, 2.45) is 11.5 Å². The highest BCUT2D eigenvalue weighted by molar-refractivity contribution is 5.74. The lowest BCUT2D eigenvalue weighted by atomic mass is 10.1. The molecule has 4 nitrogen and oxygen atoms in total. The van der Waals surface area contributed by atoms with Crippen LogP contribution in [0.4, 0.5) is 0 Å². The summed E-state index contributed by atoms with van der Waals surface area (Å²) in [7, 11) is 0. The van der Waals surface area contributed by atoms with Crippen LogP contribution in [0.2, 0.25) is 0 Å². The average Bonchev–Trinajstić information content (AvgIpc) is 2.22. The molecule has 1 rings (SSSR count). The SMILES string of the molecule is Cc1cc(C)cc(C)c1.NC(=O)CCCCC(N)=O. The van der Waals surface area contributed by atoms with Crippen molar-refractivity contribution in [2.45, 2.75) is 46.5 Å². The Morgan fingerprint density at radius 3 is 1.26 bits per heavy atom. The zero-order valence-electron chi connectivity index (χ0n) is 12.0. The molecule has 4 N–H and O–H groups in total. The van der Waals surface area contributed by atoms with E-state index in [0.29, 0.717) is 25.7 Å². The Labute approximate surface area is 115 Å². The van der Waals surface area contributed by atoms with Gasteiger partial charge < -0.3 is 11.5 Å². The van der Waals surface area contributed by atoms with Crippen LogP contribution < -0.4 is 11.5 Å². The average molecular weight is 264 g/mol. The van der Waals surface area contributed by atoms with Gasteiger partial charge in [0.15, 0.2) is 0 Å². The molecule has 0 aliphatic rings. The lowest BCUT2D eigenvalue weighted by Gasteiger charge is -1.96. The van der Waals surface area contributed by atoms with Crippen LogP contribution in [0.1, 0.15) is 42.4 Å². The summed E-state index contributed by atoms with van der Waals surface area (Å²) in [5, 5.41) is 0. The Hall–Kier alpha value is -1.84. The molecule has 19 heavy (non-hydrogen) atoms. The Morgan fingerprint density at radius 2 is 1.05 bits per heavy atom. The molecule has 1 aromatic rings. The van der Waals surface area contributed by atoms with E-state index in [-0.39, 0.29) is 11.8 Å². The van der Waals surface area contributed by atoms with Crippen LogP contribution in [0.15, 0.2) is 18.2 Å². The molecule has 0 spiro atoms. The second kappa shape index (κ2) is 9.14. The Morgan fingerprint density at radius 1 is 0.789 bits per heavy atom. The number of unbranched alkanes of at least 4 members (excludes halogenated alkanes) is 1. The molecule has 1 aromatic carbocycles. The molecule has 0 aliphatic carbocycles. The smallest absolute Gasteiger partial charge is 0.217 e. The Kier molecular flexibility index (Phi) is 8.25. The molecule has 2 amide bonds. The van der Waals surface area contributed by atoms with Gasteiger partial charge in [-0.05, 0) is 33.6 Å². The number of nitrogens with two attached hydrogens (primary N) is 2. The van der Waals surface area contributed by atoms with E-state index in [0.717, 1.165) is 0 Å². The van der Waals surface area contributed by atoms with E-state index in [9.17, 15) is 9.59 Å². The maximum atomic E-state index is 10.2. The number of hydrogen-bond acceptors (Lipinski definition) is 2. The van der Waals surface area contributed by atoms with Crippen LogP contribution in [-0.4, -0.2) is 11.8 Å². The molecule has 0 saturated carbocycles. The van der Waals surface area contributed by atoms with Gasteiger partial charge in [0.1, 0.15) is 0 Å². The predicted molar refractivity (Wildman–Crippen MR) is 77.5 cm³/mol. The van der Waals surface area contributed by atoms with Crippen LogP contribution in [0.3, 0.4) is 0 Å². The molecule has 4 heteroatoms. The topological polar surface area (TPSA) is 86.2 Å². The normalized spacial score (nSPS) is 9.42. The molecule has 0 unspecified atom stereocenters. The number of hydrogen-bond donors (Lipinski definition) is 2. The van der Waals surface area contributed by atoms with E-state index >= 15 is 0 Å². The second-order valence-electron chi connectivity index (χ2n) is 4.80. The van der Waals surface area contributed by atoms with Crippen LogP contribution in [-0.2, 0) is 9.59 Å². The molecule has 0 aliphatic heterocycles. The molecule has 0 saturated heterocycles. The summed E-state index contributed by atoms with van der Waals surface area (Å²) < 4.78 is 0. The first kappa shape index (κ1) is 17.2. The summed E-state index contributed by atoms with van der Waals surface area (Å²) >= 11 is 0. The fourth-order valence-corrected chi connectivity index (χ4v) is 1.80. The van der Waals surface area contributed by atoms with E-state index in [1.807, 2.05) is 0 Å². The van der Waals surface area contributed by atoms with Crippen molar-refractivity contribution >= 4 is 11.8 Å². The largest absolute Gasteiger partial charge is 0.370 e. The standard InChI is InChI=1S/C9H12.C6H12N2O2/c1-7-4-8(2)6-9(3)5-7;7-5(9)3-1-2-4-6(8)10/h4-6H,1-3H3;1-4H2,(H2,7,9)(H2,8,10). The number of rotatable bonds is 5. The highest BCUT2D eigenvalue weighted by atomic mass is 16.1. The molecule has 0 heterocycles. The first-order valence-electron chi connectivity index (χ1n) is 6.42. The molecular weight excluding hydrogens is 240 g/mol. The minimum atomic E-state index is -0.329. The maximum Gasteiger partial charge on any atom is 0.217 e. The van der Waals surface area contributed by atoms with Gasteiger partial charge in [-0.1, -0.05) is 34.9 Å². The highest BCUT2D eigenvalue weighted by Gasteiger charge is 1.96. The monoisotopic (exact) mass is 264 g/mol. The van der Waals surface area contributed by atoms with Gasteiger partial charge in [0.05, 0.1) is 0 Å². The summed E-state index contributed by atoms with van der Waals surface area (Å²) in [5.74, 6) is -0.658. The van der Waals surface area contributed by atoms with Crippen molar-refractivity contribution in [3.63, 3.8) is 0 Å². The predicted octanol–water partition coefficient (Wildman–Crippen LogP) is 2.13. The number of benzene rings is 1. The Bertz CT molecular complexity index is 362. The third-order valence-electron chi connectivity index (χ3n) is 2.46. The Balaban J connectivity index is 0.000000342. The zero-order valence-corrected chi connectivity index (χ0v) is 12.0. The van der Waals surface area contributed by atoms with Crippen molar-refractivity contribution < 1.29 is 9.59 Å². The summed E-state index contributed by atoms with van der Waals surface area (Å²) in [5.41, 5.74) is 13.8. The van der Waals surface area contributed by atoms with Crippen molar-refractivity contribution in [1.82, 2.24) is 0 Å². The number of carbonyl (C=O) groups is 2. The van der Waals surface area contributed by atoms with Gasteiger partial charge in [0.2, 0.25) is 11.8 Å². The molecular formula is C15H24N2O2. The molecule has 0 aromatic heterocycles. The third-order valence-corrected chi connectivity index (χ3v) is 2.46. The van der Waals surface area contributed by atoms with Gasteiger partial charge in [-0.2, -0.15) is 0 Å². The van der Waals surface area contributed by atoms with Gasteiger partial charge >= 0.3 is 0 Å². The fourth-order valence-electron chi connectivity index (χ4n) is 1.80. The van der Waals surface area contributed by atoms with Gasteiger partial charge in [-0.25, -0.2) is 0 Å². The summed E-state index contributed by atoms with van der Waals surface area (Å²) in [6.45, 7) is 6.38. The lowest BCUT2D eigenvalue weighted by molar-refractivity contribution is -0.119.